The van der Waals surface area contributed by atoms with Gasteiger partial charge in [-0.05, 0) is 37.8 Å². The zero-order chi connectivity index (χ0) is 14.8. The number of nitrogens with zero attached hydrogens (tertiary/aromatic N) is 2. The maximum Gasteiger partial charge on any atom is 0.238 e. The molecule has 3 rings (SSSR count). The summed E-state index contributed by atoms with van der Waals surface area (Å²) in [6.07, 6.45) is 3.42. The van der Waals surface area contributed by atoms with E-state index in [0.717, 1.165) is 25.7 Å². The van der Waals surface area contributed by atoms with Crippen molar-refractivity contribution in [2.24, 2.45) is 0 Å². The van der Waals surface area contributed by atoms with Crippen LogP contribution in [0.3, 0.4) is 0 Å². The number of para-hydroxylation sites is 1. The molecule has 2 atom stereocenters. The molecule has 5 nitrogen and oxygen atoms in total. The molecule has 1 aromatic carbocycles. The molecule has 2 aliphatic rings. The number of anilines is 1. The van der Waals surface area contributed by atoms with Gasteiger partial charge in [-0.25, -0.2) is 0 Å². The molecule has 2 unspecified atom stereocenters. The minimum absolute atomic E-state index is 0.0917. The third-order valence-corrected chi connectivity index (χ3v) is 4.51. The lowest BCUT2D eigenvalue weighted by molar-refractivity contribution is -0.119. The summed E-state index contributed by atoms with van der Waals surface area (Å²) in [5, 5.41) is 21.6. The molecule has 2 heterocycles. The average Bonchev–Trinajstić information content (AvgIpc) is 2.71. The minimum Gasteiger partial charge on any atom is -0.393 e. The van der Waals surface area contributed by atoms with Gasteiger partial charge < -0.3 is 10.4 Å². The first-order chi connectivity index (χ1) is 10.2. The number of nitrogens with one attached hydrogen (secondary N) is 1. The zero-order valence-corrected chi connectivity index (χ0v) is 11.8. The Morgan fingerprint density at radius 3 is 2.67 bits per heavy atom. The summed E-state index contributed by atoms with van der Waals surface area (Å²) in [6, 6.07) is 9.72. The Balaban J connectivity index is 1.64. The molecule has 0 spiro atoms. The molecular formula is C16H19N3O2. The first kappa shape index (κ1) is 14.1. The second-order valence-electron chi connectivity index (χ2n) is 5.89. The monoisotopic (exact) mass is 285 g/mol. The molecule has 1 aromatic rings. The largest absolute Gasteiger partial charge is 0.393 e. The van der Waals surface area contributed by atoms with Gasteiger partial charge in [-0.3, -0.25) is 9.69 Å². The number of amides is 1. The normalized spacial score (nSPS) is 28.1. The summed E-state index contributed by atoms with van der Waals surface area (Å²) >= 11 is 0. The quantitative estimate of drug-likeness (QED) is 0.882. The Morgan fingerprint density at radius 2 is 2.00 bits per heavy atom. The number of carbonyl (C=O) groups excluding carboxylic acids is 1. The fourth-order valence-corrected chi connectivity index (χ4v) is 3.55. The number of carbonyl (C=O) groups is 1. The number of benzene rings is 1. The van der Waals surface area contributed by atoms with Gasteiger partial charge in [0.1, 0.15) is 6.07 Å². The second-order valence-corrected chi connectivity index (χ2v) is 5.89. The molecule has 1 amide bonds. The van der Waals surface area contributed by atoms with Gasteiger partial charge >= 0.3 is 0 Å². The van der Waals surface area contributed by atoms with E-state index in [1.807, 2.05) is 0 Å². The second kappa shape index (κ2) is 5.84. The molecule has 2 saturated heterocycles. The van der Waals surface area contributed by atoms with E-state index in [0.29, 0.717) is 29.9 Å². The molecular weight excluding hydrogens is 266 g/mol. The van der Waals surface area contributed by atoms with E-state index in [1.54, 1.807) is 24.3 Å². The summed E-state index contributed by atoms with van der Waals surface area (Å²) < 4.78 is 0. The highest BCUT2D eigenvalue weighted by Gasteiger charge is 2.40. The lowest BCUT2D eigenvalue weighted by Gasteiger charge is -2.36. The van der Waals surface area contributed by atoms with Gasteiger partial charge in [-0.15, -0.1) is 0 Å². The molecule has 0 aliphatic carbocycles. The highest BCUT2D eigenvalue weighted by Crippen LogP contribution is 2.35. The van der Waals surface area contributed by atoms with Crippen LogP contribution in [0.1, 0.15) is 31.2 Å². The third-order valence-electron chi connectivity index (χ3n) is 4.51. The number of aliphatic hydroxyl groups is 1. The smallest absolute Gasteiger partial charge is 0.238 e. The van der Waals surface area contributed by atoms with Crippen molar-refractivity contribution in [3.63, 3.8) is 0 Å². The lowest BCUT2D eigenvalue weighted by atomic mass is 10.00. The van der Waals surface area contributed by atoms with Crippen LogP contribution in [0.15, 0.2) is 24.3 Å². The van der Waals surface area contributed by atoms with E-state index in [1.165, 1.54) is 0 Å². The Hall–Kier alpha value is -1.90. The van der Waals surface area contributed by atoms with Gasteiger partial charge in [-0.1, -0.05) is 12.1 Å². The molecule has 2 fully saturated rings. The number of rotatable bonds is 3. The van der Waals surface area contributed by atoms with Crippen LogP contribution in [-0.4, -0.2) is 40.6 Å². The van der Waals surface area contributed by atoms with Crippen LogP contribution >= 0.6 is 0 Å². The number of hydrogen-bond donors (Lipinski definition) is 2. The number of aliphatic hydroxyl groups excluding tert-OH is 1. The molecule has 110 valence electrons. The predicted molar refractivity (Wildman–Crippen MR) is 78.5 cm³/mol. The first-order valence-electron chi connectivity index (χ1n) is 7.40. The zero-order valence-electron chi connectivity index (χ0n) is 11.8. The SMILES string of the molecule is N#Cc1ccccc1NC(=O)CN1C2CCC1CC(O)C2. The van der Waals surface area contributed by atoms with Gasteiger partial charge in [0.05, 0.1) is 23.9 Å². The Bertz CT molecular complexity index is 567. The molecule has 0 radical (unpaired) electrons. The molecule has 2 N–H and O–H groups in total. The molecule has 0 aromatic heterocycles. The van der Waals surface area contributed by atoms with Crippen molar-refractivity contribution in [2.75, 3.05) is 11.9 Å². The van der Waals surface area contributed by atoms with E-state index in [2.05, 4.69) is 16.3 Å². The first-order valence-corrected chi connectivity index (χ1v) is 7.40. The Kier molecular flexibility index (Phi) is 3.91. The van der Waals surface area contributed by atoms with E-state index < -0.39 is 0 Å². The van der Waals surface area contributed by atoms with Crippen LogP contribution in [0, 0.1) is 11.3 Å². The van der Waals surface area contributed by atoms with Crippen LogP contribution in [0.4, 0.5) is 5.69 Å². The average molecular weight is 285 g/mol. The van der Waals surface area contributed by atoms with Crippen LogP contribution in [0.25, 0.3) is 0 Å². The summed E-state index contributed by atoms with van der Waals surface area (Å²) in [5.74, 6) is -0.0917. The fourth-order valence-electron chi connectivity index (χ4n) is 3.55. The molecule has 2 bridgehead atoms. The van der Waals surface area contributed by atoms with Crippen LogP contribution in [0.2, 0.25) is 0 Å². The van der Waals surface area contributed by atoms with E-state index >= 15 is 0 Å². The fraction of sp³-hybridized carbons (Fsp3) is 0.500. The van der Waals surface area contributed by atoms with Crippen LogP contribution in [-0.2, 0) is 4.79 Å². The van der Waals surface area contributed by atoms with Gasteiger partial charge in [0, 0.05) is 12.1 Å². The Morgan fingerprint density at radius 1 is 1.33 bits per heavy atom. The van der Waals surface area contributed by atoms with Gasteiger partial charge in [0.15, 0.2) is 0 Å². The van der Waals surface area contributed by atoms with E-state index in [4.69, 9.17) is 5.26 Å². The predicted octanol–water partition coefficient (Wildman–Crippen LogP) is 1.48. The van der Waals surface area contributed by atoms with Crippen molar-refractivity contribution in [3.8, 4) is 6.07 Å². The summed E-state index contributed by atoms with van der Waals surface area (Å²) in [5.41, 5.74) is 1.04. The number of piperidine rings is 1. The lowest BCUT2D eigenvalue weighted by Crippen LogP contribution is -2.47. The van der Waals surface area contributed by atoms with Crippen molar-refractivity contribution in [3.05, 3.63) is 29.8 Å². The van der Waals surface area contributed by atoms with Crippen molar-refractivity contribution >= 4 is 11.6 Å². The standard InChI is InChI=1S/C16H19N3O2/c17-9-11-3-1-2-4-15(11)18-16(21)10-19-12-5-6-13(19)8-14(20)7-12/h1-4,12-14,20H,5-8,10H2,(H,18,21). The number of fused-ring (bicyclic) bond motifs is 2. The maximum atomic E-state index is 12.2. The number of nitriles is 1. The molecule has 5 heteroatoms. The minimum atomic E-state index is -0.221. The summed E-state index contributed by atoms with van der Waals surface area (Å²) in [4.78, 5) is 14.4. The van der Waals surface area contributed by atoms with Gasteiger partial charge in [0.2, 0.25) is 5.91 Å². The molecule has 21 heavy (non-hydrogen) atoms. The maximum absolute atomic E-state index is 12.2. The topological polar surface area (TPSA) is 76.4 Å². The van der Waals surface area contributed by atoms with Crippen molar-refractivity contribution in [1.29, 1.82) is 5.26 Å². The highest BCUT2D eigenvalue weighted by atomic mass is 16.3. The van der Waals surface area contributed by atoms with Crippen molar-refractivity contribution in [1.82, 2.24) is 4.90 Å². The highest BCUT2D eigenvalue weighted by molar-refractivity contribution is 5.93. The van der Waals surface area contributed by atoms with Crippen molar-refractivity contribution in [2.45, 2.75) is 43.9 Å². The summed E-state index contributed by atoms with van der Waals surface area (Å²) in [7, 11) is 0. The molecule has 0 saturated carbocycles. The molecule has 2 aliphatic heterocycles. The Labute approximate surface area is 124 Å². The van der Waals surface area contributed by atoms with Crippen LogP contribution < -0.4 is 5.32 Å². The summed E-state index contributed by atoms with van der Waals surface area (Å²) in [6.45, 7) is 0.335. The third kappa shape index (κ3) is 2.92. The van der Waals surface area contributed by atoms with E-state index in [-0.39, 0.29) is 12.0 Å². The van der Waals surface area contributed by atoms with E-state index in [9.17, 15) is 9.90 Å². The van der Waals surface area contributed by atoms with Crippen molar-refractivity contribution < 1.29 is 9.90 Å². The van der Waals surface area contributed by atoms with Gasteiger partial charge in [0.25, 0.3) is 0 Å². The number of hydrogen-bond acceptors (Lipinski definition) is 4. The van der Waals surface area contributed by atoms with Crippen LogP contribution in [0.5, 0.6) is 0 Å². The van der Waals surface area contributed by atoms with Gasteiger partial charge in [-0.2, -0.15) is 5.26 Å².